The predicted octanol–water partition coefficient (Wildman–Crippen LogP) is 4.23. The van der Waals surface area contributed by atoms with E-state index in [4.69, 9.17) is 0 Å². The van der Waals surface area contributed by atoms with Crippen LogP contribution in [0, 0.1) is 0 Å². The second-order valence-electron chi connectivity index (χ2n) is 5.46. The van der Waals surface area contributed by atoms with E-state index in [0.29, 0.717) is 12.3 Å². The minimum atomic E-state index is -0.390. The number of benzene rings is 2. The van der Waals surface area contributed by atoms with Gasteiger partial charge in [0.1, 0.15) is 0 Å². The minimum absolute atomic E-state index is 0.390. The topological polar surface area (TPSA) is 20.2 Å². The third-order valence-electron chi connectivity index (χ3n) is 4.17. The molecule has 0 radical (unpaired) electrons. The normalized spacial score (nSPS) is 16.9. The summed E-state index contributed by atoms with van der Waals surface area (Å²) in [5, 5.41) is 10.5. The molecule has 1 aliphatic carbocycles. The molecule has 1 nitrogen and oxygen atoms in total. The summed E-state index contributed by atoms with van der Waals surface area (Å²) < 4.78 is 0. The highest BCUT2D eigenvalue weighted by molar-refractivity contribution is 5.34. The largest absolute Gasteiger partial charge is 0.388 e. The van der Waals surface area contributed by atoms with Crippen LogP contribution in [0.4, 0.5) is 0 Å². The lowest BCUT2D eigenvalue weighted by Crippen LogP contribution is -2.14. The van der Waals surface area contributed by atoms with Crippen molar-refractivity contribution in [1.82, 2.24) is 0 Å². The fourth-order valence-electron chi connectivity index (χ4n) is 2.85. The van der Waals surface area contributed by atoms with E-state index < -0.39 is 0 Å². The van der Waals surface area contributed by atoms with Gasteiger partial charge in [-0.1, -0.05) is 61.0 Å². The Balaban J connectivity index is 1.81. The number of rotatable bonds is 4. The fourth-order valence-corrected chi connectivity index (χ4v) is 2.85. The van der Waals surface area contributed by atoms with Gasteiger partial charge in [-0.15, -0.1) is 0 Å². The van der Waals surface area contributed by atoms with Gasteiger partial charge in [0, 0.05) is 6.42 Å². The van der Waals surface area contributed by atoms with E-state index in [-0.39, 0.29) is 6.10 Å². The smallest absolute Gasteiger partial charge is 0.0833 e. The molecule has 1 atom stereocenters. The molecule has 1 heteroatoms. The Kier molecular flexibility index (Phi) is 3.65. The Morgan fingerprint density at radius 2 is 1.63 bits per heavy atom. The quantitative estimate of drug-likeness (QED) is 0.863. The number of hydrogen-bond acceptors (Lipinski definition) is 1. The summed E-state index contributed by atoms with van der Waals surface area (Å²) in [4.78, 5) is 0. The van der Waals surface area contributed by atoms with Gasteiger partial charge >= 0.3 is 0 Å². The predicted molar refractivity (Wildman–Crippen MR) is 78.1 cm³/mol. The van der Waals surface area contributed by atoms with Crippen LogP contribution >= 0.6 is 0 Å². The average Bonchev–Trinajstić information content (AvgIpc) is 2.38. The van der Waals surface area contributed by atoms with E-state index >= 15 is 0 Å². The third kappa shape index (κ3) is 2.71. The van der Waals surface area contributed by atoms with Crippen molar-refractivity contribution in [1.29, 1.82) is 0 Å². The molecular weight excluding hydrogens is 232 g/mol. The molecule has 19 heavy (non-hydrogen) atoms. The van der Waals surface area contributed by atoms with E-state index in [1.807, 2.05) is 24.3 Å². The molecule has 1 saturated carbocycles. The van der Waals surface area contributed by atoms with E-state index in [2.05, 4.69) is 30.3 Å². The van der Waals surface area contributed by atoms with Crippen molar-refractivity contribution >= 4 is 0 Å². The van der Waals surface area contributed by atoms with Crippen molar-refractivity contribution in [3.05, 3.63) is 71.3 Å². The van der Waals surface area contributed by atoms with Gasteiger partial charge in [0.25, 0.3) is 0 Å². The van der Waals surface area contributed by atoms with Crippen molar-refractivity contribution in [2.24, 2.45) is 0 Å². The molecule has 2 aromatic carbocycles. The maximum atomic E-state index is 10.5. The van der Waals surface area contributed by atoms with E-state index in [1.54, 1.807) is 0 Å². The highest BCUT2D eigenvalue weighted by Gasteiger charge is 2.24. The molecule has 3 rings (SSSR count). The van der Waals surface area contributed by atoms with Gasteiger partial charge in [-0.2, -0.15) is 0 Å². The molecule has 0 amide bonds. The van der Waals surface area contributed by atoms with Crippen molar-refractivity contribution in [3.8, 4) is 0 Å². The minimum Gasteiger partial charge on any atom is -0.388 e. The second kappa shape index (κ2) is 5.58. The van der Waals surface area contributed by atoms with Crippen LogP contribution in [0.15, 0.2) is 54.6 Å². The molecule has 0 spiro atoms. The van der Waals surface area contributed by atoms with Crippen molar-refractivity contribution in [3.63, 3.8) is 0 Å². The van der Waals surface area contributed by atoms with Gasteiger partial charge in [-0.3, -0.25) is 0 Å². The molecule has 0 bridgehead atoms. The van der Waals surface area contributed by atoms with E-state index in [0.717, 1.165) is 5.56 Å². The standard InChI is InChI=1S/C18H20O/c19-18(13-14-7-2-1-3-8-14)17-12-5-4-11-16(17)15-9-6-10-15/h1-5,7-8,11-12,15,18-19H,6,9-10,13H2. The van der Waals surface area contributed by atoms with Crippen LogP contribution < -0.4 is 0 Å². The fraction of sp³-hybridized carbons (Fsp3) is 0.333. The molecule has 1 unspecified atom stereocenters. The first kappa shape index (κ1) is 12.4. The van der Waals surface area contributed by atoms with Crippen LogP contribution in [0.3, 0.4) is 0 Å². The number of aliphatic hydroxyl groups excluding tert-OH is 1. The van der Waals surface area contributed by atoms with Gasteiger partial charge in [-0.25, -0.2) is 0 Å². The summed E-state index contributed by atoms with van der Waals surface area (Å²) in [6, 6.07) is 18.6. The first-order valence-corrected chi connectivity index (χ1v) is 7.15. The van der Waals surface area contributed by atoms with Gasteiger partial charge < -0.3 is 5.11 Å². The van der Waals surface area contributed by atoms with Gasteiger partial charge in [0.05, 0.1) is 6.10 Å². The summed E-state index contributed by atoms with van der Waals surface area (Å²) in [7, 11) is 0. The third-order valence-corrected chi connectivity index (χ3v) is 4.17. The Hall–Kier alpha value is -1.60. The average molecular weight is 252 g/mol. The molecule has 1 N–H and O–H groups in total. The van der Waals surface area contributed by atoms with Gasteiger partial charge in [0.2, 0.25) is 0 Å². The molecule has 0 aliphatic heterocycles. The van der Waals surface area contributed by atoms with E-state index in [9.17, 15) is 5.11 Å². The summed E-state index contributed by atoms with van der Waals surface area (Å²) in [5.41, 5.74) is 3.67. The molecule has 0 saturated heterocycles. The zero-order valence-electron chi connectivity index (χ0n) is 11.1. The SMILES string of the molecule is OC(Cc1ccccc1)c1ccccc1C1CCC1. The lowest BCUT2D eigenvalue weighted by atomic mass is 9.77. The number of aliphatic hydroxyl groups is 1. The van der Waals surface area contributed by atoms with Crippen LogP contribution in [0.1, 0.15) is 48.0 Å². The zero-order chi connectivity index (χ0) is 13.1. The second-order valence-corrected chi connectivity index (χ2v) is 5.46. The summed E-state index contributed by atoms with van der Waals surface area (Å²) in [5.74, 6) is 0.668. The van der Waals surface area contributed by atoms with Crippen LogP contribution in [0.5, 0.6) is 0 Å². The van der Waals surface area contributed by atoms with Crippen LogP contribution in [-0.4, -0.2) is 5.11 Å². The van der Waals surface area contributed by atoms with Crippen LogP contribution in [0.25, 0.3) is 0 Å². The Labute approximate surface area is 114 Å². The van der Waals surface area contributed by atoms with Crippen molar-refractivity contribution < 1.29 is 5.11 Å². The Bertz CT molecular complexity index is 528. The lowest BCUT2D eigenvalue weighted by molar-refractivity contribution is 0.175. The Morgan fingerprint density at radius 3 is 2.32 bits per heavy atom. The first-order valence-electron chi connectivity index (χ1n) is 7.15. The molecular formula is C18H20O. The zero-order valence-corrected chi connectivity index (χ0v) is 11.1. The van der Waals surface area contributed by atoms with Crippen molar-refractivity contribution in [2.75, 3.05) is 0 Å². The number of hydrogen-bond donors (Lipinski definition) is 1. The van der Waals surface area contributed by atoms with Gasteiger partial charge in [-0.05, 0) is 35.4 Å². The molecule has 2 aromatic rings. The van der Waals surface area contributed by atoms with Crippen molar-refractivity contribution in [2.45, 2.75) is 37.7 Å². The highest BCUT2D eigenvalue weighted by atomic mass is 16.3. The van der Waals surface area contributed by atoms with E-state index in [1.165, 1.54) is 30.4 Å². The molecule has 1 aliphatic rings. The lowest BCUT2D eigenvalue weighted by Gasteiger charge is -2.29. The summed E-state index contributed by atoms with van der Waals surface area (Å²) in [6.45, 7) is 0. The maximum absolute atomic E-state index is 10.5. The van der Waals surface area contributed by atoms with Crippen LogP contribution in [-0.2, 0) is 6.42 Å². The summed E-state index contributed by atoms with van der Waals surface area (Å²) >= 11 is 0. The maximum Gasteiger partial charge on any atom is 0.0833 e. The molecule has 1 fully saturated rings. The first-order chi connectivity index (χ1) is 9.34. The van der Waals surface area contributed by atoms with Crippen LogP contribution in [0.2, 0.25) is 0 Å². The highest BCUT2D eigenvalue weighted by Crippen LogP contribution is 2.39. The molecule has 0 heterocycles. The molecule has 0 aromatic heterocycles. The molecule has 98 valence electrons. The van der Waals surface area contributed by atoms with Gasteiger partial charge in [0.15, 0.2) is 0 Å². The Morgan fingerprint density at radius 1 is 0.947 bits per heavy atom. The monoisotopic (exact) mass is 252 g/mol. The summed E-state index contributed by atoms with van der Waals surface area (Å²) in [6.07, 6.45) is 4.18.